The van der Waals surface area contributed by atoms with Crippen molar-refractivity contribution in [3.05, 3.63) is 84.7 Å². The van der Waals surface area contributed by atoms with E-state index in [2.05, 4.69) is 54.4 Å². The molecule has 2 aromatic carbocycles. The number of aromatic nitrogens is 3. The smallest absolute Gasteiger partial charge is 0.161 e. The van der Waals surface area contributed by atoms with Gasteiger partial charge in [-0.15, -0.1) is 5.23 Å². The number of benzene rings is 2. The van der Waals surface area contributed by atoms with E-state index in [1.54, 1.807) is 6.20 Å². The van der Waals surface area contributed by atoms with Crippen molar-refractivity contribution in [1.29, 1.82) is 0 Å². The van der Waals surface area contributed by atoms with Crippen LogP contribution in [0.2, 0.25) is 0 Å². The van der Waals surface area contributed by atoms with Gasteiger partial charge in [0.05, 0.1) is 17.1 Å². The second-order valence-corrected chi connectivity index (χ2v) is 13.8. The lowest BCUT2D eigenvalue weighted by atomic mass is 9.66. The molecule has 0 radical (unpaired) electrons. The molecule has 3 atom stereocenters. The third-order valence-electron chi connectivity index (χ3n) is 10.1. The maximum absolute atomic E-state index is 6.18. The Kier molecular flexibility index (Phi) is 6.48. The first kappa shape index (κ1) is 27.2. The predicted molar refractivity (Wildman–Crippen MR) is 166 cm³/mol. The van der Waals surface area contributed by atoms with E-state index < -0.39 is 11.2 Å². The van der Waals surface area contributed by atoms with E-state index in [9.17, 15) is 0 Å². The van der Waals surface area contributed by atoms with Crippen LogP contribution in [-0.4, -0.2) is 26.2 Å². The highest BCUT2D eigenvalue weighted by Gasteiger charge is 2.50. The molecule has 4 aromatic rings. The number of anilines is 1. The van der Waals surface area contributed by atoms with Crippen molar-refractivity contribution in [3.63, 3.8) is 0 Å². The summed E-state index contributed by atoms with van der Waals surface area (Å²) < 4.78 is 0. The van der Waals surface area contributed by atoms with E-state index in [1.807, 2.05) is 58.2 Å². The zero-order valence-corrected chi connectivity index (χ0v) is 25.3. The number of hydrogen-bond donors (Lipinski definition) is 0. The van der Waals surface area contributed by atoms with Gasteiger partial charge in [0.25, 0.3) is 0 Å². The van der Waals surface area contributed by atoms with Crippen LogP contribution >= 0.6 is 0 Å². The number of pyridine rings is 1. The SMILES string of the molecule is CC1(c2ccc(-c3cc(-c4cccc(N5OC(C)(C)C(C)(C)O5)c4)nc(-c4cccnc4)n3)cc2)C[C@@H]2CC[C@@H](C2)C1. The molecule has 1 aliphatic heterocycles. The summed E-state index contributed by atoms with van der Waals surface area (Å²) in [5.74, 6) is 2.44. The topological polar surface area (TPSA) is 60.4 Å². The van der Waals surface area contributed by atoms with Gasteiger partial charge in [0.15, 0.2) is 5.82 Å². The first-order chi connectivity index (χ1) is 20.1. The number of rotatable bonds is 5. The molecule has 42 heavy (non-hydrogen) atoms. The summed E-state index contributed by atoms with van der Waals surface area (Å²) in [5.41, 5.74) is 6.23. The summed E-state index contributed by atoms with van der Waals surface area (Å²) in [6, 6.07) is 23.3. The van der Waals surface area contributed by atoms with E-state index in [-0.39, 0.29) is 5.41 Å². The summed E-state index contributed by atoms with van der Waals surface area (Å²) in [7, 11) is 0. The molecule has 3 heterocycles. The van der Waals surface area contributed by atoms with Crippen LogP contribution in [0.25, 0.3) is 33.9 Å². The fourth-order valence-electron chi connectivity index (χ4n) is 7.09. The predicted octanol–water partition coefficient (Wildman–Crippen LogP) is 8.58. The van der Waals surface area contributed by atoms with Gasteiger partial charge in [-0.2, -0.15) is 0 Å². The maximum Gasteiger partial charge on any atom is 0.161 e. The van der Waals surface area contributed by atoms with Gasteiger partial charge in [-0.25, -0.2) is 19.6 Å². The Hall–Kier alpha value is -3.61. The average molecular weight is 561 g/mol. The van der Waals surface area contributed by atoms with Crippen LogP contribution in [0, 0.1) is 11.8 Å². The van der Waals surface area contributed by atoms with Crippen molar-refractivity contribution in [2.75, 3.05) is 5.23 Å². The Bertz CT molecular complexity index is 1570. The molecule has 7 rings (SSSR count). The molecular formula is C36H40N4O2. The molecule has 1 unspecified atom stereocenters. The minimum atomic E-state index is -0.473. The Morgan fingerprint density at radius 1 is 0.714 bits per heavy atom. The third-order valence-corrected chi connectivity index (χ3v) is 10.1. The van der Waals surface area contributed by atoms with Crippen molar-refractivity contribution in [2.45, 2.75) is 83.3 Å². The lowest BCUT2D eigenvalue weighted by Gasteiger charge is -2.38. The molecule has 1 saturated heterocycles. The van der Waals surface area contributed by atoms with Gasteiger partial charge >= 0.3 is 0 Å². The molecule has 0 amide bonds. The van der Waals surface area contributed by atoms with Crippen LogP contribution in [0.5, 0.6) is 0 Å². The summed E-state index contributed by atoms with van der Waals surface area (Å²) in [6.07, 6.45) is 10.4. The van der Waals surface area contributed by atoms with Crippen molar-refractivity contribution < 1.29 is 9.68 Å². The highest BCUT2D eigenvalue weighted by Crippen LogP contribution is 2.51. The first-order valence-electron chi connectivity index (χ1n) is 15.3. The standard InChI is InChI=1S/C36H40N4O2/c1-34(2)35(3,4)42-40(41-34)30-10-6-8-27(19-30)32-20-31(38-33(39-32)28-9-7-17-37-23-28)26-13-15-29(16-14-26)36(5)21-24-11-12-25(18-24)22-36/h6-10,13-17,19-20,23-25H,11-12,18,21-22H2,1-5H3/t24-,25+,36?. The molecule has 3 aliphatic rings. The van der Waals surface area contributed by atoms with Crippen LogP contribution in [-0.2, 0) is 15.1 Å². The maximum atomic E-state index is 6.18. The van der Waals surface area contributed by atoms with Crippen LogP contribution in [0.15, 0.2) is 79.1 Å². The van der Waals surface area contributed by atoms with E-state index in [1.165, 1.54) is 42.9 Å². The largest absolute Gasteiger partial charge is 0.264 e. The van der Waals surface area contributed by atoms with E-state index in [4.69, 9.17) is 19.6 Å². The Morgan fingerprint density at radius 3 is 2.00 bits per heavy atom. The monoisotopic (exact) mass is 560 g/mol. The number of nitrogens with zero attached hydrogens (tertiary/aromatic N) is 4. The molecule has 2 aliphatic carbocycles. The van der Waals surface area contributed by atoms with Crippen LogP contribution in [0.1, 0.15) is 72.3 Å². The summed E-state index contributed by atoms with van der Waals surface area (Å²) in [5, 5.41) is 1.53. The summed E-state index contributed by atoms with van der Waals surface area (Å²) >= 11 is 0. The van der Waals surface area contributed by atoms with Crippen molar-refractivity contribution >= 4 is 5.69 Å². The fourth-order valence-corrected chi connectivity index (χ4v) is 7.09. The minimum absolute atomic E-state index is 0.267. The minimum Gasteiger partial charge on any atom is -0.264 e. The Morgan fingerprint density at radius 2 is 1.36 bits per heavy atom. The van der Waals surface area contributed by atoms with E-state index in [0.29, 0.717) is 5.82 Å². The quantitative estimate of drug-likeness (QED) is 0.244. The second kappa shape index (κ2) is 9.99. The zero-order chi connectivity index (χ0) is 29.1. The normalized spacial score (nSPS) is 26.0. The van der Waals surface area contributed by atoms with Gasteiger partial charge in [0.2, 0.25) is 0 Å². The highest BCUT2D eigenvalue weighted by molar-refractivity contribution is 5.73. The van der Waals surface area contributed by atoms with Gasteiger partial charge in [-0.05, 0) is 100 Å². The van der Waals surface area contributed by atoms with Crippen molar-refractivity contribution in [1.82, 2.24) is 15.0 Å². The van der Waals surface area contributed by atoms with Gasteiger partial charge in [-0.1, -0.05) is 56.2 Å². The van der Waals surface area contributed by atoms with E-state index in [0.717, 1.165) is 45.6 Å². The molecule has 2 aromatic heterocycles. The molecular weight excluding hydrogens is 520 g/mol. The molecule has 216 valence electrons. The van der Waals surface area contributed by atoms with Crippen molar-refractivity contribution in [3.8, 4) is 33.9 Å². The van der Waals surface area contributed by atoms with Crippen LogP contribution in [0.3, 0.4) is 0 Å². The van der Waals surface area contributed by atoms with Crippen LogP contribution < -0.4 is 5.23 Å². The fraction of sp³-hybridized carbons (Fsp3) is 0.417. The van der Waals surface area contributed by atoms with Gasteiger partial charge < -0.3 is 0 Å². The molecule has 0 N–H and O–H groups in total. The first-order valence-corrected chi connectivity index (χ1v) is 15.3. The lowest BCUT2D eigenvalue weighted by Crippen LogP contribution is -2.41. The molecule has 2 bridgehead atoms. The van der Waals surface area contributed by atoms with Crippen LogP contribution in [0.4, 0.5) is 5.69 Å². The average Bonchev–Trinajstić information content (AvgIpc) is 3.45. The molecule has 0 spiro atoms. The molecule has 6 heteroatoms. The molecule has 6 nitrogen and oxygen atoms in total. The Balaban J connectivity index is 1.25. The zero-order valence-electron chi connectivity index (χ0n) is 25.3. The molecule has 3 fully saturated rings. The highest BCUT2D eigenvalue weighted by atomic mass is 17.0. The summed E-state index contributed by atoms with van der Waals surface area (Å²) in [4.78, 5) is 26.7. The van der Waals surface area contributed by atoms with Gasteiger partial charge in [0.1, 0.15) is 11.2 Å². The summed E-state index contributed by atoms with van der Waals surface area (Å²) in [6.45, 7) is 10.6. The van der Waals surface area contributed by atoms with Crippen molar-refractivity contribution in [2.24, 2.45) is 11.8 Å². The van der Waals surface area contributed by atoms with E-state index >= 15 is 0 Å². The lowest BCUT2D eigenvalue weighted by molar-refractivity contribution is -0.0272. The number of hydrogen-bond acceptors (Lipinski definition) is 6. The van der Waals surface area contributed by atoms with Gasteiger partial charge in [-0.3, -0.25) is 4.98 Å². The number of fused-ring (bicyclic) bond motifs is 2. The van der Waals surface area contributed by atoms with Gasteiger partial charge in [0, 0.05) is 29.1 Å². The molecule has 2 saturated carbocycles. The Labute approximate surface area is 249 Å². The third kappa shape index (κ3) is 4.91. The second-order valence-electron chi connectivity index (χ2n) is 13.8.